The number of hydrogen-bond acceptors (Lipinski definition) is 5. The van der Waals surface area contributed by atoms with Gasteiger partial charge in [0.15, 0.2) is 5.69 Å². The second-order valence-electron chi connectivity index (χ2n) is 6.49. The molecule has 0 aliphatic carbocycles. The molecule has 1 aromatic carbocycles. The zero-order valence-electron chi connectivity index (χ0n) is 15.5. The molecule has 0 bridgehead atoms. The van der Waals surface area contributed by atoms with Gasteiger partial charge in [-0.05, 0) is 19.1 Å². The number of para-hydroxylation sites is 1. The van der Waals surface area contributed by atoms with E-state index < -0.39 is 0 Å². The number of hydrogen-bond donors (Lipinski definition) is 1. The second-order valence-corrected chi connectivity index (χ2v) is 6.49. The van der Waals surface area contributed by atoms with E-state index in [4.69, 9.17) is 0 Å². The third-order valence-electron chi connectivity index (χ3n) is 4.62. The standard InChI is InChI=1S/C19H23N5O3/c1-14-12-16(25)18(21-24(14)15-6-4-3-5-7-15)19(27)23-10-8-22(9-11-23)13-17(26)20-2/h3-7,12H,8-11,13H2,1-2H3,(H,20,26). The van der Waals surface area contributed by atoms with Gasteiger partial charge >= 0.3 is 0 Å². The summed E-state index contributed by atoms with van der Waals surface area (Å²) < 4.78 is 1.61. The van der Waals surface area contributed by atoms with Crippen molar-refractivity contribution < 1.29 is 9.59 Å². The van der Waals surface area contributed by atoms with Crippen LogP contribution in [-0.2, 0) is 4.79 Å². The average Bonchev–Trinajstić information content (AvgIpc) is 2.69. The molecular formula is C19H23N5O3. The molecule has 1 N–H and O–H groups in total. The maximum atomic E-state index is 12.9. The van der Waals surface area contributed by atoms with Gasteiger partial charge in [0.05, 0.1) is 12.2 Å². The lowest BCUT2D eigenvalue weighted by Crippen LogP contribution is -2.51. The van der Waals surface area contributed by atoms with Crippen LogP contribution in [0.25, 0.3) is 5.69 Å². The largest absolute Gasteiger partial charge is 0.358 e. The van der Waals surface area contributed by atoms with Gasteiger partial charge in [0.1, 0.15) is 0 Å². The molecule has 8 heteroatoms. The number of piperazine rings is 1. The Bertz CT molecular complexity index is 886. The first kappa shape index (κ1) is 18.8. The molecule has 0 radical (unpaired) electrons. The Morgan fingerprint density at radius 2 is 1.78 bits per heavy atom. The minimum absolute atomic E-state index is 0.0549. The third kappa shape index (κ3) is 4.22. The zero-order chi connectivity index (χ0) is 19.4. The van der Waals surface area contributed by atoms with E-state index in [2.05, 4.69) is 10.4 Å². The lowest BCUT2D eigenvalue weighted by molar-refractivity contribution is -0.122. The Hall–Kier alpha value is -3.00. The normalized spacial score (nSPS) is 14.8. The smallest absolute Gasteiger partial charge is 0.278 e. The highest BCUT2D eigenvalue weighted by Gasteiger charge is 2.26. The van der Waals surface area contributed by atoms with Gasteiger partial charge in [0.2, 0.25) is 11.3 Å². The predicted molar refractivity (Wildman–Crippen MR) is 101 cm³/mol. The van der Waals surface area contributed by atoms with Crippen LogP contribution in [0.15, 0.2) is 41.2 Å². The zero-order valence-corrected chi connectivity index (χ0v) is 15.5. The summed E-state index contributed by atoms with van der Waals surface area (Å²) in [4.78, 5) is 40.3. The number of amides is 2. The van der Waals surface area contributed by atoms with Crippen LogP contribution in [0.5, 0.6) is 0 Å². The molecule has 2 aromatic rings. The summed E-state index contributed by atoms with van der Waals surface area (Å²) in [6.45, 7) is 4.16. The van der Waals surface area contributed by atoms with Gasteiger partial charge < -0.3 is 10.2 Å². The number of benzene rings is 1. The minimum Gasteiger partial charge on any atom is -0.358 e. The van der Waals surface area contributed by atoms with Crippen molar-refractivity contribution in [2.45, 2.75) is 6.92 Å². The van der Waals surface area contributed by atoms with Crippen LogP contribution in [0, 0.1) is 6.92 Å². The number of likely N-dealkylation sites (N-methyl/N-ethyl adjacent to an activating group) is 1. The first-order chi connectivity index (χ1) is 13.0. The molecule has 1 aliphatic rings. The van der Waals surface area contributed by atoms with E-state index in [0.717, 1.165) is 5.69 Å². The van der Waals surface area contributed by atoms with Crippen molar-refractivity contribution in [3.05, 3.63) is 58.0 Å². The fourth-order valence-electron chi connectivity index (χ4n) is 3.07. The Balaban J connectivity index is 1.78. The molecule has 27 heavy (non-hydrogen) atoms. The van der Waals surface area contributed by atoms with Crippen molar-refractivity contribution >= 4 is 11.8 Å². The Morgan fingerprint density at radius 3 is 2.41 bits per heavy atom. The minimum atomic E-state index is -0.377. The summed E-state index contributed by atoms with van der Waals surface area (Å²) in [5.41, 5.74) is 0.999. The molecule has 1 aromatic heterocycles. The molecule has 0 atom stereocenters. The Kier molecular flexibility index (Phi) is 5.66. The average molecular weight is 369 g/mol. The Labute approximate surface area is 157 Å². The quantitative estimate of drug-likeness (QED) is 0.823. The molecule has 0 spiro atoms. The van der Waals surface area contributed by atoms with E-state index in [1.807, 2.05) is 35.2 Å². The van der Waals surface area contributed by atoms with Gasteiger partial charge in [-0.25, -0.2) is 4.68 Å². The summed E-state index contributed by atoms with van der Waals surface area (Å²) in [7, 11) is 1.60. The summed E-state index contributed by atoms with van der Waals surface area (Å²) in [6.07, 6.45) is 0. The molecule has 3 rings (SSSR count). The van der Waals surface area contributed by atoms with Crippen molar-refractivity contribution in [2.24, 2.45) is 0 Å². The van der Waals surface area contributed by atoms with E-state index in [-0.39, 0.29) is 22.9 Å². The summed E-state index contributed by atoms with van der Waals surface area (Å²) in [5, 5.41) is 6.92. The van der Waals surface area contributed by atoms with E-state index in [0.29, 0.717) is 38.4 Å². The molecule has 1 fully saturated rings. The maximum Gasteiger partial charge on any atom is 0.278 e. The topological polar surface area (TPSA) is 87.5 Å². The van der Waals surface area contributed by atoms with Crippen molar-refractivity contribution in [1.29, 1.82) is 0 Å². The van der Waals surface area contributed by atoms with Crippen LogP contribution in [0.1, 0.15) is 16.2 Å². The highest BCUT2D eigenvalue weighted by molar-refractivity contribution is 5.92. The number of aryl methyl sites for hydroxylation is 1. The molecule has 1 saturated heterocycles. The number of nitrogens with one attached hydrogen (secondary N) is 1. The number of carbonyl (C=O) groups is 2. The lowest BCUT2D eigenvalue weighted by Gasteiger charge is -2.33. The fraction of sp³-hybridized carbons (Fsp3) is 0.368. The molecule has 8 nitrogen and oxygen atoms in total. The van der Waals surface area contributed by atoms with Gasteiger partial charge in [-0.2, -0.15) is 5.10 Å². The summed E-state index contributed by atoms with van der Waals surface area (Å²) in [5.74, 6) is -0.426. The van der Waals surface area contributed by atoms with Crippen molar-refractivity contribution in [2.75, 3.05) is 39.8 Å². The van der Waals surface area contributed by atoms with Gasteiger partial charge in [-0.3, -0.25) is 19.3 Å². The number of carbonyl (C=O) groups excluding carboxylic acids is 2. The lowest BCUT2D eigenvalue weighted by atomic mass is 10.2. The van der Waals surface area contributed by atoms with Crippen LogP contribution in [0.3, 0.4) is 0 Å². The van der Waals surface area contributed by atoms with Crippen LogP contribution in [0.4, 0.5) is 0 Å². The molecule has 0 saturated carbocycles. The van der Waals surface area contributed by atoms with Crippen molar-refractivity contribution in [1.82, 2.24) is 24.9 Å². The SMILES string of the molecule is CNC(=O)CN1CCN(C(=O)c2nn(-c3ccccc3)c(C)cc2=O)CC1. The monoisotopic (exact) mass is 369 g/mol. The van der Waals surface area contributed by atoms with E-state index in [1.54, 1.807) is 23.6 Å². The van der Waals surface area contributed by atoms with Gasteiger partial charge in [-0.15, -0.1) is 0 Å². The first-order valence-electron chi connectivity index (χ1n) is 8.88. The maximum absolute atomic E-state index is 12.9. The highest BCUT2D eigenvalue weighted by Crippen LogP contribution is 2.10. The van der Waals surface area contributed by atoms with Crippen LogP contribution in [0.2, 0.25) is 0 Å². The van der Waals surface area contributed by atoms with Crippen molar-refractivity contribution in [3.8, 4) is 5.69 Å². The second kappa shape index (κ2) is 8.13. The molecule has 142 valence electrons. The highest BCUT2D eigenvalue weighted by atomic mass is 16.2. The van der Waals surface area contributed by atoms with Crippen LogP contribution in [-0.4, -0.2) is 71.2 Å². The molecule has 2 heterocycles. The molecule has 0 unspecified atom stereocenters. The van der Waals surface area contributed by atoms with E-state index in [9.17, 15) is 14.4 Å². The summed E-state index contributed by atoms with van der Waals surface area (Å²) >= 11 is 0. The molecule has 1 aliphatic heterocycles. The molecule has 2 amide bonds. The molecular weight excluding hydrogens is 346 g/mol. The fourth-order valence-corrected chi connectivity index (χ4v) is 3.07. The Morgan fingerprint density at radius 1 is 1.11 bits per heavy atom. The van der Waals surface area contributed by atoms with E-state index >= 15 is 0 Å². The van der Waals surface area contributed by atoms with Crippen LogP contribution < -0.4 is 10.7 Å². The van der Waals surface area contributed by atoms with Crippen LogP contribution >= 0.6 is 0 Å². The third-order valence-corrected chi connectivity index (χ3v) is 4.62. The first-order valence-corrected chi connectivity index (χ1v) is 8.88. The number of rotatable bonds is 4. The van der Waals surface area contributed by atoms with Gasteiger partial charge in [-0.1, -0.05) is 18.2 Å². The van der Waals surface area contributed by atoms with Gasteiger partial charge in [0.25, 0.3) is 5.91 Å². The van der Waals surface area contributed by atoms with Gasteiger partial charge in [0, 0.05) is 45.0 Å². The van der Waals surface area contributed by atoms with E-state index in [1.165, 1.54) is 6.07 Å². The van der Waals surface area contributed by atoms with Crippen molar-refractivity contribution in [3.63, 3.8) is 0 Å². The summed E-state index contributed by atoms with van der Waals surface area (Å²) in [6, 6.07) is 10.8. The number of nitrogens with zero attached hydrogens (tertiary/aromatic N) is 4. The number of aromatic nitrogens is 2. The predicted octanol–water partition coefficient (Wildman–Crippen LogP) is 0.0447.